The van der Waals surface area contributed by atoms with Crippen LogP contribution >= 0.6 is 23.4 Å². The number of nitrogens with zero attached hydrogens (tertiary/aromatic N) is 2. The third kappa shape index (κ3) is 4.99. The fraction of sp³-hybridized carbons (Fsp3) is 0.150. The number of benzene rings is 2. The van der Waals surface area contributed by atoms with Gasteiger partial charge >= 0.3 is 0 Å². The van der Waals surface area contributed by atoms with Crippen molar-refractivity contribution in [1.82, 2.24) is 9.55 Å². The van der Waals surface area contributed by atoms with Gasteiger partial charge in [-0.3, -0.25) is 14.2 Å². The molecule has 0 aliphatic carbocycles. The summed E-state index contributed by atoms with van der Waals surface area (Å²) in [6, 6.07) is 14.7. The minimum atomic E-state index is -0.287. The predicted octanol–water partition coefficient (Wildman–Crippen LogP) is 4.18. The van der Waals surface area contributed by atoms with E-state index in [1.807, 2.05) is 24.3 Å². The molecule has 0 unspecified atom stereocenters. The number of hydrogen-bond donors (Lipinski definition) is 1. The third-order valence-electron chi connectivity index (χ3n) is 3.88. The lowest BCUT2D eigenvalue weighted by Gasteiger charge is -2.08. The molecule has 0 radical (unpaired) electrons. The monoisotopic (exact) mass is 399 g/mol. The number of thioether (sulfide) groups is 1. The van der Waals surface area contributed by atoms with Gasteiger partial charge in [-0.25, -0.2) is 4.98 Å². The van der Waals surface area contributed by atoms with E-state index in [0.29, 0.717) is 10.7 Å². The molecule has 1 amide bonds. The maximum Gasteiger partial charge on any atom is 0.287 e. The highest BCUT2D eigenvalue weighted by Crippen LogP contribution is 2.16. The molecule has 7 heteroatoms. The van der Waals surface area contributed by atoms with Gasteiger partial charge < -0.3 is 5.32 Å². The van der Waals surface area contributed by atoms with Crippen molar-refractivity contribution >= 4 is 35.0 Å². The van der Waals surface area contributed by atoms with Crippen molar-refractivity contribution in [2.24, 2.45) is 0 Å². The number of halogens is 1. The molecule has 0 aliphatic heterocycles. The lowest BCUT2D eigenvalue weighted by Crippen LogP contribution is -2.22. The van der Waals surface area contributed by atoms with Gasteiger partial charge in [0.15, 0.2) is 5.03 Å². The van der Waals surface area contributed by atoms with Gasteiger partial charge in [0.2, 0.25) is 5.91 Å². The van der Waals surface area contributed by atoms with E-state index in [-0.39, 0.29) is 22.2 Å². The first-order chi connectivity index (χ1) is 13.1. The van der Waals surface area contributed by atoms with E-state index in [4.69, 9.17) is 11.6 Å². The minimum Gasteiger partial charge on any atom is -0.325 e. The van der Waals surface area contributed by atoms with Crippen LogP contribution in [-0.4, -0.2) is 21.2 Å². The van der Waals surface area contributed by atoms with E-state index in [9.17, 15) is 9.59 Å². The highest BCUT2D eigenvalue weighted by atomic mass is 35.5. The number of carbonyl (C=O) groups is 1. The van der Waals surface area contributed by atoms with Crippen LogP contribution in [0.25, 0.3) is 5.69 Å². The normalized spacial score (nSPS) is 10.6. The van der Waals surface area contributed by atoms with Gasteiger partial charge in [0.05, 0.1) is 11.4 Å². The molecule has 0 bridgehead atoms. The fourth-order valence-electron chi connectivity index (χ4n) is 2.48. The summed E-state index contributed by atoms with van der Waals surface area (Å²) >= 11 is 7.10. The van der Waals surface area contributed by atoms with Crippen LogP contribution in [0.3, 0.4) is 0 Å². The van der Waals surface area contributed by atoms with Gasteiger partial charge in [0.1, 0.15) is 0 Å². The Balaban J connectivity index is 1.68. The highest BCUT2D eigenvalue weighted by Gasteiger charge is 2.10. The lowest BCUT2D eigenvalue weighted by molar-refractivity contribution is -0.113. The van der Waals surface area contributed by atoms with Crippen molar-refractivity contribution in [3.8, 4) is 5.69 Å². The molecule has 0 saturated carbocycles. The minimum absolute atomic E-state index is 0.0946. The van der Waals surface area contributed by atoms with Crippen LogP contribution in [0.5, 0.6) is 0 Å². The molecule has 0 atom stereocenters. The van der Waals surface area contributed by atoms with Gasteiger partial charge in [-0.15, -0.1) is 0 Å². The zero-order chi connectivity index (χ0) is 19.2. The molecule has 138 valence electrons. The van der Waals surface area contributed by atoms with Gasteiger partial charge in [-0.05, 0) is 42.3 Å². The summed E-state index contributed by atoms with van der Waals surface area (Å²) in [5, 5.41) is 3.62. The number of aromatic nitrogens is 2. The summed E-state index contributed by atoms with van der Waals surface area (Å²) in [5.74, 6) is -0.0965. The number of aryl methyl sites for hydroxylation is 1. The van der Waals surface area contributed by atoms with E-state index in [1.54, 1.807) is 30.5 Å². The number of carbonyl (C=O) groups excluding carboxylic acids is 1. The number of amides is 1. The Morgan fingerprint density at radius 1 is 1.22 bits per heavy atom. The van der Waals surface area contributed by atoms with E-state index in [1.165, 1.54) is 16.3 Å². The molecule has 0 saturated heterocycles. The van der Waals surface area contributed by atoms with Crippen LogP contribution < -0.4 is 10.9 Å². The number of anilines is 1. The number of rotatable bonds is 6. The molecule has 0 spiro atoms. The van der Waals surface area contributed by atoms with Crippen LogP contribution in [0.4, 0.5) is 5.69 Å². The molecule has 1 N–H and O–H groups in total. The van der Waals surface area contributed by atoms with Crippen molar-refractivity contribution in [2.75, 3.05) is 11.1 Å². The molecule has 3 rings (SSSR count). The molecule has 3 aromatic rings. The summed E-state index contributed by atoms with van der Waals surface area (Å²) in [4.78, 5) is 28.9. The molecule has 27 heavy (non-hydrogen) atoms. The van der Waals surface area contributed by atoms with E-state index >= 15 is 0 Å². The Kier molecular flexibility index (Phi) is 6.32. The molecule has 0 aliphatic rings. The van der Waals surface area contributed by atoms with E-state index in [0.717, 1.165) is 23.9 Å². The molecule has 2 aromatic carbocycles. The average Bonchev–Trinajstić information content (AvgIpc) is 2.68. The van der Waals surface area contributed by atoms with Crippen molar-refractivity contribution in [2.45, 2.75) is 18.4 Å². The quantitative estimate of drug-likeness (QED) is 0.631. The van der Waals surface area contributed by atoms with Crippen LogP contribution in [0.15, 0.2) is 70.7 Å². The van der Waals surface area contributed by atoms with E-state index in [2.05, 4.69) is 17.2 Å². The van der Waals surface area contributed by atoms with E-state index < -0.39 is 0 Å². The fourth-order valence-corrected chi connectivity index (χ4v) is 3.36. The maximum absolute atomic E-state index is 12.6. The van der Waals surface area contributed by atoms with Crippen molar-refractivity contribution in [3.05, 3.63) is 81.9 Å². The number of nitrogens with one attached hydrogen (secondary N) is 1. The Labute approximate surface area is 166 Å². The average molecular weight is 400 g/mol. The molecular weight excluding hydrogens is 382 g/mol. The van der Waals surface area contributed by atoms with Crippen LogP contribution in [0.2, 0.25) is 5.02 Å². The second kappa shape index (κ2) is 8.88. The summed E-state index contributed by atoms with van der Waals surface area (Å²) in [6.45, 7) is 2.08. The highest BCUT2D eigenvalue weighted by molar-refractivity contribution is 7.99. The van der Waals surface area contributed by atoms with Crippen molar-refractivity contribution in [3.63, 3.8) is 0 Å². The molecule has 1 heterocycles. The zero-order valence-corrected chi connectivity index (χ0v) is 16.3. The van der Waals surface area contributed by atoms with Crippen molar-refractivity contribution in [1.29, 1.82) is 0 Å². The van der Waals surface area contributed by atoms with Gasteiger partial charge in [-0.1, -0.05) is 48.5 Å². The second-order valence-corrected chi connectivity index (χ2v) is 7.18. The van der Waals surface area contributed by atoms with Gasteiger partial charge in [-0.2, -0.15) is 0 Å². The lowest BCUT2D eigenvalue weighted by atomic mass is 10.1. The first-order valence-corrected chi connectivity index (χ1v) is 9.78. The number of hydrogen-bond acceptors (Lipinski definition) is 4. The first kappa shape index (κ1) is 19.2. The smallest absolute Gasteiger partial charge is 0.287 e. The molecule has 1 aromatic heterocycles. The van der Waals surface area contributed by atoms with Gasteiger partial charge in [0.25, 0.3) is 5.56 Å². The summed E-state index contributed by atoms with van der Waals surface area (Å²) in [6.07, 6.45) is 4.06. The zero-order valence-electron chi connectivity index (χ0n) is 14.7. The Hall–Kier alpha value is -2.57. The predicted molar refractivity (Wildman–Crippen MR) is 110 cm³/mol. The SMILES string of the molecule is CCc1ccc(NC(=O)CSc2nccn(-c3cccc(Cl)c3)c2=O)cc1. The summed E-state index contributed by atoms with van der Waals surface area (Å²) in [5.41, 5.74) is 2.30. The van der Waals surface area contributed by atoms with Crippen LogP contribution in [-0.2, 0) is 11.2 Å². The summed E-state index contributed by atoms with van der Waals surface area (Å²) in [7, 11) is 0. The molecule has 0 fully saturated rings. The topological polar surface area (TPSA) is 64.0 Å². The summed E-state index contributed by atoms with van der Waals surface area (Å²) < 4.78 is 1.46. The maximum atomic E-state index is 12.6. The third-order valence-corrected chi connectivity index (χ3v) is 5.08. The Morgan fingerprint density at radius 2 is 2.00 bits per heavy atom. The van der Waals surface area contributed by atoms with Crippen LogP contribution in [0.1, 0.15) is 12.5 Å². The van der Waals surface area contributed by atoms with Gasteiger partial charge in [0, 0.05) is 23.1 Å². The second-order valence-electron chi connectivity index (χ2n) is 5.77. The molecular formula is C20H18ClN3O2S. The first-order valence-electron chi connectivity index (χ1n) is 8.42. The van der Waals surface area contributed by atoms with Crippen LogP contribution in [0, 0.1) is 0 Å². The largest absolute Gasteiger partial charge is 0.325 e. The Morgan fingerprint density at radius 3 is 2.70 bits per heavy atom. The Bertz CT molecular complexity index is 1000. The van der Waals surface area contributed by atoms with Crippen molar-refractivity contribution < 1.29 is 4.79 Å². The molecule has 5 nitrogen and oxygen atoms in total. The standard InChI is InChI=1S/C20H18ClN3O2S/c1-2-14-6-8-16(9-7-14)23-18(25)13-27-19-20(26)24(11-10-22-19)17-5-3-4-15(21)12-17/h3-12H,2,13H2,1H3,(H,23,25).